The molecule has 0 aliphatic carbocycles. The van der Waals surface area contributed by atoms with Crippen LogP contribution in [0.2, 0.25) is 0 Å². The summed E-state index contributed by atoms with van der Waals surface area (Å²) in [6.45, 7) is 0.576. The Labute approximate surface area is 117 Å². The second kappa shape index (κ2) is 4.89. The van der Waals surface area contributed by atoms with E-state index in [9.17, 15) is 9.59 Å². The van der Waals surface area contributed by atoms with Crippen molar-refractivity contribution in [2.75, 3.05) is 18.1 Å². The highest BCUT2D eigenvalue weighted by Gasteiger charge is 2.29. The Morgan fingerprint density at radius 3 is 2.95 bits per heavy atom. The van der Waals surface area contributed by atoms with Gasteiger partial charge >= 0.3 is 5.97 Å². The predicted octanol–water partition coefficient (Wildman–Crippen LogP) is 1.28. The first kappa shape index (κ1) is 12.5. The van der Waals surface area contributed by atoms with Crippen LogP contribution >= 0.6 is 11.5 Å². The maximum atomic E-state index is 12.3. The van der Waals surface area contributed by atoms with Crippen LogP contribution in [0.5, 0.6) is 5.75 Å². The van der Waals surface area contributed by atoms with Crippen LogP contribution in [-0.2, 0) is 0 Å². The molecule has 0 saturated carbocycles. The second-order valence-corrected chi connectivity index (χ2v) is 4.66. The molecule has 2 heterocycles. The zero-order chi connectivity index (χ0) is 14.1. The van der Waals surface area contributed by atoms with E-state index in [0.29, 0.717) is 12.2 Å². The lowest BCUT2D eigenvalue weighted by atomic mass is 10.1. The Kier molecular flexibility index (Phi) is 3.07. The van der Waals surface area contributed by atoms with Crippen LogP contribution in [0, 0.1) is 0 Å². The molecule has 0 atom stereocenters. The average Bonchev–Trinajstić information content (AvgIpc) is 2.99. The Hall–Kier alpha value is -2.48. The molecule has 20 heavy (non-hydrogen) atoms. The van der Waals surface area contributed by atoms with Gasteiger partial charge in [0, 0.05) is 5.38 Å². The maximum absolute atomic E-state index is 12.3. The zero-order valence-corrected chi connectivity index (χ0v) is 11.0. The lowest BCUT2D eigenvalue weighted by molar-refractivity contribution is 0.0690. The maximum Gasteiger partial charge on any atom is 0.339 e. The van der Waals surface area contributed by atoms with Gasteiger partial charge in [-0.15, -0.1) is 5.10 Å². The number of hydrogen-bond acceptors (Lipinski definition) is 6. The second-order valence-electron chi connectivity index (χ2n) is 4.05. The van der Waals surface area contributed by atoms with Gasteiger partial charge < -0.3 is 9.84 Å². The van der Waals surface area contributed by atoms with Gasteiger partial charge in [-0.2, -0.15) is 0 Å². The molecule has 102 valence electrons. The SMILES string of the molecule is O=C(O)c1cccc2c1OCCN2C(=O)c1csnn1. The first-order valence-corrected chi connectivity index (χ1v) is 6.60. The highest BCUT2D eigenvalue weighted by Crippen LogP contribution is 2.35. The van der Waals surface area contributed by atoms with E-state index in [-0.39, 0.29) is 29.5 Å². The minimum atomic E-state index is -1.09. The fourth-order valence-electron chi connectivity index (χ4n) is 2.02. The van der Waals surface area contributed by atoms with Gasteiger partial charge in [0.15, 0.2) is 11.4 Å². The summed E-state index contributed by atoms with van der Waals surface area (Å²) in [5.74, 6) is -1.19. The van der Waals surface area contributed by atoms with Crippen molar-refractivity contribution in [3.63, 3.8) is 0 Å². The van der Waals surface area contributed by atoms with Crippen LogP contribution in [0.25, 0.3) is 0 Å². The summed E-state index contributed by atoms with van der Waals surface area (Å²) in [7, 11) is 0. The molecule has 0 spiro atoms. The van der Waals surface area contributed by atoms with E-state index in [2.05, 4.69) is 9.59 Å². The van der Waals surface area contributed by atoms with Gasteiger partial charge in [0.1, 0.15) is 12.2 Å². The van der Waals surface area contributed by atoms with Crippen LogP contribution in [-0.4, -0.2) is 39.7 Å². The number of rotatable bonds is 2. The first-order chi connectivity index (χ1) is 9.68. The number of carboxylic acid groups (broad SMARTS) is 1. The molecule has 0 bridgehead atoms. The zero-order valence-electron chi connectivity index (χ0n) is 10.1. The molecule has 3 rings (SSSR count). The Bertz CT molecular complexity index is 671. The van der Waals surface area contributed by atoms with Crippen molar-refractivity contribution in [2.45, 2.75) is 0 Å². The number of hydrogen-bond donors (Lipinski definition) is 1. The smallest absolute Gasteiger partial charge is 0.339 e. The van der Waals surface area contributed by atoms with Crippen LogP contribution in [0.3, 0.4) is 0 Å². The number of carboxylic acids is 1. The number of amides is 1. The van der Waals surface area contributed by atoms with Gasteiger partial charge in [0.05, 0.1) is 12.2 Å². The molecule has 7 nitrogen and oxygen atoms in total. The molecule has 1 amide bonds. The van der Waals surface area contributed by atoms with Gasteiger partial charge in [-0.1, -0.05) is 10.6 Å². The number of carbonyl (C=O) groups is 2. The number of carbonyl (C=O) groups excluding carboxylic acids is 1. The van der Waals surface area contributed by atoms with Crippen LogP contribution < -0.4 is 9.64 Å². The van der Waals surface area contributed by atoms with Crippen molar-refractivity contribution in [2.24, 2.45) is 0 Å². The third-order valence-corrected chi connectivity index (χ3v) is 3.41. The number of aromatic nitrogens is 2. The Morgan fingerprint density at radius 1 is 1.40 bits per heavy atom. The van der Waals surface area contributed by atoms with E-state index in [1.807, 2.05) is 0 Å². The third kappa shape index (κ3) is 1.99. The van der Waals surface area contributed by atoms with E-state index >= 15 is 0 Å². The molecular formula is C12H9N3O4S. The van der Waals surface area contributed by atoms with Gasteiger partial charge in [0.25, 0.3) is 5.91 Å². The summed E-state index contributed by atoms with van der Waals surface area (Å²) in [5, 5.41) is 14.4. The molecule has 1 N–H and O–H groups in total. The largest absolute Gasteiger partial charge is 0.489 e. The molecule has 2 aromatic rings. The van der Waals surface area contributed by atoms with Crippen molar-refractivity contribution in [3.05, 3.63) is 34.8 Å². The van der Waals surface area contributed by atoms with Gasteiger partial charge in [-0.05, 0) is 23.7 Å². The van der Waals surface area contributed by atoms with E-state index in [0.717, 1.165) is 11.5 Å². The van der Waals surface area contributed by atoms with Crippen LogP contribution in [0.1, 0.15) is 20.8 Å². The molecule has 1 aliphatic heterocycles. The summed E-state index contributed by atoms with van der Waals surface area (Å²) in [6, 6.07) is 4.68. The summed E-state index contributed by atoms with van der Waals surface area (Å²) in [4.78, 5) is 25.0. The highest BCUT2D eigenvalue weighted by atomic mass is 32.1. The fraction of sp³-hybridized carbons (Fsp3) is 0.167. The average molecular weight is 291 g/mol. The number of fused-ring (bicyclic) bond motifs is 1. The monoisotopic (exact) mass is 291 g/mol. The number of benzene rings is 1. The fourth-order valence-corrected chi connectivity index (χ4v) is 2.45. The lowest BCUT2D eigenvalue weighted by Crippen LogP contribution is -2.38. The highest BCUT2D eigenvalue weighted by molar-refractivity contribution is 7.03. The molecule has 1 aromatic heterocycles. The number of para-hydroxylation sites is 1. The molecule has 0 saturated heterocycles. The number of aromatic carboxylic acids is 1. The summed E-state index contributed by atoms with van der Waals surface area (Å²) >= 11 is 1.09. The van der Waals surface area contributed by atoms with Gasteiger partial charge in [-0.3, -0.25) is 9.69 Å². The molecule has 1 aliphatic rings. The van der Waals surface area contributed by atoms with Crippen molar-refractivity contribution in [3.8, 4) is 5.75 Å². The van der Waals surface area contributed by atoms with E-state index in [1.165, 1.54) is 11.0 Å². The van der Waals surface area contributed by atoms with Crippen LogP contribution in [0.15, 0.2) is 23.6 Å². The Balaban J connectivity index is 2.05. The van der Waals surface area contributed by atoms with Crippen molar-refractivity contribution in [1.82, 2.24) is 9.59 Å². The van der Waals surface area contributed by atoms with Crippen molar-refractivity contribution >= 4 is 29.1 Å². The number of nitrogens with zero attached hydrogens (tertiary/aromatic N) is 3. The normalized spacial score (nSPS) is 13.5. The van der Waals surface area contributed by atoms with E-state index in [4.69, 9.17) is 9.84 Å². The Morgan fingerprint density at radius 2 is 2.25 bits per heavy atom. The summed E-state index contributed by atoms with van der Waals surface area (Å²) < 4.78 is 9.06. The van der Waals surface area contributed by atoms with Crippen molar-refractivity contribution < 1.29 is 19.4 Å². The minimum absolute atomic E-state index is 0.0383. The molecule has 0 unspecified atom stereocenters. The van der Waals surface area contributed by atoms with Gasteiger partial charge in [0.2, 0.25) is 0 Å². The third-order valence-electron chi connectivity index (χ3n) is 2.90. The first-order valence-electron chi connectivity index (χ1n) is 5.76. The van der Waals surface area contributed by atoms with E-state index < -0.39 is 5.97 Å². The number of ether oxygens (including phenoxy) is 1. The molecule has 1 aromatic carbocycles. The lowest BCUT2D eigenvalue weighted by Gasteiger charge is -2.29. The van der Waals surface area contributed by atoms with Crippen LogP contribution in [0.4, 0.5) is 5.69 Å². The van der Waals surface area contributed by atoms with Gasteiger partial charge in [-0.25, -0.2) is 4.79 Å². The quantitative estimate of drug-likeness (QED) is 0.895. The standard InChI is InChI=1S/C12H9N3O4S/c16-11(8-6-20-14-13-8)15-4-5-19-10-7(12(17)18)2-1-3-9(10)15/h1-3,6H,4-5H2,(H,17,18). The van der Waals surface area contributed by atoms with Crippen molar-refractivity contribution in [1.29, 1.82) is 0 Å². The number of anilines is 1. The minimum Gasteiger partial charge on any atom is -0.489 e. The van der Waals surface area contributed by atoms with E-state index in [1.54, 1.807) is 17.5 Å². The summed E-state index contributed by atoms with van der Waals surface area (Å²) in [5.41, 5.74) is 0.717. The molecule has 8 heteroatoms. The summed E-state index contributed by atoms with van der Waals surface area (Å²) in [6.07, 6.45) is 0. The molecular weight excluding hydrogens is 282 g/mol. The molecule has 0 radical (unpaired) electrons. The topological polar surface area (TPSA) is 92.6 Å². The predicted molar refractivity (Wildman–Crippen MR) is 70.5 cm³/mol. The molecule has 0 fully saturated rings.